The van der Waals surface area contributed by atoms with Crippen LogP contribution in [-0.4, -0.2) is 6.54 Å². The van der Waals surface area contributed by atoms with Crippen molar-refractivity contribution in [3.8, 4) is 0 Å². The third-order valence-corrected chi connectivity index (χ3v) is 3.34. The maximum absolute atomic E-state index is 3.44. The molecule has 1 heterocycles. The minimum Gasteiger partial charge on any atom is -0.385 e. The standard InChI is InChI=1S/C17H17N/c1-2-5-14(6-3-1)8-9-15-10-11-17-16(13-15)7-4-12-18-17/h1-3,5-6,8-11,13,18H,4,7,12H2/b9-8-. The van der Waals surface area contributed by atoms with Gasteiger partial charge in [0.1, 0.15) is 0 Å². The van der Waals surface area contributed by atoms with Gasteiger partial charge in [0.15, 0.2) is 0 Å². The molecule has 0 saturated carbocycles. The van der Waals surface area contributed by atoms with Crippen LogP contribution in [0.15, 0.2) is 48.5 Å². The molecule has 1 aliphatic heterocycles. The fraction of sp³-hybridized carbons (Fsp3) is 0.176. The van der Waals surface area contributed by atoms with Crippen molar-refractivity contribution in [3.63, 3.8) is 0 Å². The van der Waals surface area contributed by atoms with E-state index in [1.165, 1.54) is 35.2 Å². The molecule has 90 valence electrons. The summed E-state index contributed by atoms with van der Waals surface area (Å²) in [5.74, 6) is 0. The lowest BCUT2D eigenvalue weighted by Gasteiger charge is -2.18. The van der Waals surface area contributed by atoms with Crippen molar-refractivity contribution in [1.29, 1.82) is 0 Å². The van der Waals surface area contributed by atoms with E-state index in [0.717, 1.165) is 6.54 Å². The van der Waals surface area contributed by atoms with E-state index < -0.39 is 0 Å². The number of hydrogen-bond donors (Lipinski definition) is 1. The lowest BCUT2D eigenvalue weighted by Crippen LogP contribution is -2.11. The lowest BCUT2D eigenvalue weighted by molar-refractivity contribution is 0.830. The molecule has 0 atom stereocenters. The Hall–Kier alpha value is -2.02. The van der Waals surface area contributed by atoms with E-state index in [4.69, 9.17) is 0 Å². The van der Waals surface area contributed by atoms with Crippen LogP contribution in [0.25, 0.3) is 12.2 Å². The SMILES string of the molecule is C(=C/c1ccc2c(c1)CCCN2)/c1ccccc1. The zero-order valence-electron chi connectivity index (χ0n) is 10.4. The van der Waals surface area contributed by atoms with Crippen LogP contribution in [0, 0.1) is 0 Å². The van der Waals surface area contributed by atoms with Gasteiger partial charge in [0.25, 0.3) is 0 Å². The zero-order chi connectivity index (χ0) is 12.2. The highest BCUT2D eigenvalue weighted by molar-refractivity contribution is 5.71. The quantitative estimate of drug-likeness (QED) is 0.769. The monoisotopic (exact) mass is 235 g/mol. The minimum absolute atomic E-state index is 1.10. The van der Waals surface area contributed by atoms with Gasteiger partial charge in [0.05, 0.1) is 0 Å². The summed E-state index contributed by atoms with van der Waals surface area (Å²) in [5.41, 5.74) is 5.27. The Labute approximate surface area is 108 Å². The molecule has 0 unspecified atom stereocenters. The molecule has 0 amide bonds. The first-order valence-corrected chi connectivity index (χ1v) is 6.52. The van der Waals surface area contributed by atoms with Crippen LogP contribution in [0.2, 0.25) is 0 Å². The van der Waals surface area contributed by atoms with Gasteiger partial charge in [0, 0.05) is 12.2 Å². The fourth-order valence-corrected chi connectivity index (χ4v) is 2.36. The van der Waals surface area contributed by atoms with Gasteiger partial charge in [0.2, 0.25) is 0 Å². The van der Waals surface area contributed by atoms with Gasteiger partial charge in [-0.05, 0) is 41.7 Å². The van der Waals surface area contributed by atoms with Crippen molar-refractivity contribution < 1.29 is 0 Å². The Morgan fingerprint density at radius 3 is 2.61 bits per heavy atom. The van der Waals surface area contributed by atoms with Gasteiger partial charge in [-0.1, -0.05) is 48.6 Å². The third-order valence-electron chi connectivity index (χ3n) is 3.34. The molecule has 1 heteroatoms. The molecule has 1 nitrogen and oxygen atoms in total. The van der Waals surface area contributed by atoms with Gasteiger partial charge in [-0.2, -0.15) is 0 Å². The van der Waals surface area contributed by atoms with Crippen LogP contribution in [0.1, 0.15) is 23.1 Å². The maximum Gasteiger partial charge on any atom is 0.0373 e. The second-order valence-corrected chi connectivity index (χ2v) is 4.69. The Bertz CT molecular complexity index is 555. The zero-order valence-corrected chi connectivity index (χ0v) is 10.4. The Morgan fingerprint density at radius 2 is 1.72 bits per heavy atom. The van der Waals surface area contributed by atoms with E-state index in [2.05, 4.69) is 59.9 Å². The molecule has 18 heavy (non-hydrogen) atoms. The van der Waals surface area contributed by atoms with Crippen LogP contribution in [-0.2, 0) is 6.42 Å². The van der Waals surface area contributed by atoms with E-state index in [-0.39, 0.29) is 0 Å². The minimum atomic E-state index is 1.10. The topological polar surface area (TPSA) is 12.0 Å². The summed E-state index contributed by atoms with van der Waals surface area (Å²) in [5, 5.41) is 3.44. The highest BCUT2D eigenvalue weighted by Gasteiger charge is 2.07. The van der Waals surface area contributed by atoms with Gasteiger partial charge < -0.3 is 5.32 Å². The molecule has 1 N–H and O–H groups in total. The van der Waals surface area contributed by atoms with Crippen LogP contribution >= 0.6 is 0 Å². The number of nitrogens with one attached hydrogen (secondary N) is 1. The summed E-state index contributed by atoms with van der Waals surface area (Å²) in [6, 6.07) is 17.1. The lowest BCUT2D eigenvalue weighted by atomic mass is 10.0. The van der Waals surface area contributed by atoms with E-state index in [0.29, 0.717) is 0 Å². The Morgan fingerprint density at radius 1 is 0.889 bits per heavy atom. The summed E-state index contributed by atoms with van der Waals surface area (Å²) in [6.45, 7) is 1.10. The Kier molecular flexibility index (Phi) is 3.14. The Balaban J connectivity index is 1.83. The van der Waals surface area contributed by atoms with Crippen molar-refractivity contribution in [3.05, 3.63) is 65.2 Å². The second kappa shape index (κ2) is 5.09. The van der Waals surface area contributed by atoms with E-state index >= 15 is 0 Å². The summed E-state index contributed by atoms with van der Waals surface area (Å²) < 4.78 is 0. The molecule has 2 aromatic rings. The highest BCUT2D eigenvalue weighted by atomic mass is 14.9. The fourth-order valence-electron chi connectivity index (χ4n) is 2.36. The van der Waals surface area contributed by atoms with Gasteiger partial charge in [-0.3, -0.25) is 0 Å². The number of rotatable bonds is 2. The summed E-state index contributed by atoms with van der Waals surface area (Å²) >= 11 is 0. The van der Waals surface area contributed by atoms with E-state index in [9.17, 15) is 0 Å². The van der Waals surface area contributed by atoms with Crippen LogP contribution in [0.4, 0.5) is 5.69 Å². The molecule has 2 aromatic carbocycles. The van der Waals surface area contributed by atoms with Crippen LogP contribution in [0.5, 0.6) is 0 Å². The molecular formula is C17H17N. The van der Waals surface area contributed by atoms with Crippen molar-refractivity contribution in [2.45, 2.75) is 12.8 Å². The van der Waals surface area contributed by atoms with E-state index in [1.54, 1.807) is 0 Å². The van der Waals surface area contributed by atoms with Crippen LogP contribution < -0.4 is 5.32 Å². The molecular weight excluding hydrogens is 218 g/mol. The molecule has 0 spiro atoms. The summed E-state index contributed by atoms with van der Waals surface area (Å²) in [6.07, 6.45) is 6.77. The summed E-state index contributed by atoms with van der Waals surface area (Å²) in [4.78, 5) is 0. The maximum atomic E-state index is 3.44. The second-order valence-electron chi connectivity index (χ2n) is 4.69. The van der Waals surface area contributed by atoms with Gasteiger partial charge >= 0.3 is 0 Å². The van der Waals surface area contributed by atoms with Gasteiger partial charge in [-0.15, -0.1) is 0 Å². The summed E-state index contributed by atoms with van der Waals surface area (Å²) in [7, 11) is 0. The highest BCUT2D eigenvalue weighted by Crippen LogP contribution is 2.23. The molecule has 0 fully saturated rings. The number of fused-ring (bicyclic) bond motifs is 1. The predicted molar refractivity (Wildman–Crippen MR) is 78.6 cm³/mol. The largest absolute Gasteiger partial charge is 0.385 e. The average Bonchev–Trinajstić information content (AvgIpc) is 2.46. The third kappa shape index (κ3) is 2.45. The van der Waals surface area contributed by atoms with Crippen molar-refractivity contribution >= 4 is 17.8 Å². The molecule has 0 saturated heterocycles. The molecule has 0 aliphatic carbocycles. The molecule has 0 radical (unpaired) electrons. The average molecular weight is 235 g/mol. The van der Waals surface area contributed by atoms with Gasteiger partial charge in [-0.25, -0.2) is 0 Å². The number of aryl methyl sites for hydroxylation is 1. The van der Waals surface area contributed by atoms with Crippen molar-refractivity contribution in [2.75, 3.05) is 11.9 Å². The number of anilines is 1. The van der Waals surface area contributed by atoms with Crippen molar-refractivity contribution in [2.24, 2.45) is 0 Å². The molecule has 0 bridgehead atoms. The first-order chi connectivity index (χ1) is 8.92. The van der Waals surface area contributed by atoms with Crippen LogP contribution in [0.3, 0.4) is 0 Å². The first kappa shape index (κ1) is 11.1. The van der Waals surface area contributed by atoms with Crippen molar-refractivity contribution in [1.82, 2.24) is 0 Å². The smallest absolute Gasteiger partial charge is 0.0373 e. The number of benzene rings is 2. The first-order valence-electron chi connectivity index (χ1n) is 6.52. The molecule has 0 aromatic heterocycles. The van der Waals surface area contributed by atoms with E-state index in [1.807, 2.05) is 6.07 Å². The normalized spacial score (nSPS) is 14.2. The molecule has 3 rings (SSSR count). The predicted octanol–water partition coefficient (Wildman–Crippen LogP) is 4.22. The molecule has 1 aliphatic rings. The number of hydrogen-bond acceptors (Lipinski definition) is 1.